The van der Waals surface area contributed by atoms with Gasteiger partial charge in [-0.2, -0.15) is 0 Å². The van der Waals surface area contributed by atoms with Crippen molar-refractivity contribution in [1.82, 2.24) is 15.1 Å². The third-order valence-corrected chi connectivity index (χ3v) is 3.24. The number of aromatic nitrogens is 2. The van der Waals surface area contributed by atoms with Crippen molar-refractivity contribution < 1.29 is 9.52 Å². The predicted octanol–water partition coefficient (Wildman–Crippen LogP) is 0.835. The van der Waals surface area contributed by atoms with Gasteiger partial charge in [-0.05, 0) is 5.92 Å². The van der Waals surface area contributed by atoms with E-state index in [1.165, 1.54) is 0 Å². The van der Waals surface area contributed by atoms with E-state index in [9.17, 15) is 5.11 Å². The van der Waals surface area contributed by atoms with Gasteiger partial charge in [-0.25, -0.2) is 0 Å². The van der Waals surface area contributed by atoms with Crippen LogP contribution in [-0.2, 0) is 13.0 Å². The van der Waals surface area contributed by atoms with Crippen LogP contribution < -0.4 is 0 Å². The monoisotopic (exact) mass is 225 g/mol. The van der Waals surface area contributed by atoms with Gasteiger partial charge in [0.1, 0.15) is 0 Å². The third kappa shape index (κ3) is 2.10. The number of β-amino-alcohol motifs (C(OH)–C–C–N with tert-alkyl or cyclic N) is 1. The number of aryl methyl sites for hydroxylation is 1. The minimum atomic E-state index is -0.534. The fourth-order valence-electron chi connectivity index (χ4n) is 1.89. The Bertz CT molecular complexity index is 356. The van der Waals surface area contributed by atoms with Crippen molar-refractivity contribution >= 4 is 0 Å². The summed E-state index contributed by atoms with van der Waals surface area (Å²) in [6.07, 6.45) is 0.767. The molecule has 2 rings (SSSR count). The Hall–Kier alpha value is -0.940. The first kappa shape index (κ1) is 11.5. The standard InChI is InChI=1S/C11H19N3O2/c1-4-9-12-13-10(16-9)5-14-6-11(15,7-14)8(2)3/h8,15H,4-7H2,1-3H3. The zero-order valence-corrected chi connectivity index (χ0v) is 10.1. The molecule has 1 N–H and O–H groups in total. The number of likely N-dealkylation sites (tertiary alicyclic amines) is 1. The molecular weight excluding hydrogens is 206 g/mol. The van der Waals surface area contributed by atoms with E-state index in [0.717, 1.165) is 6.42 Å². The van der Waals surface area contributed by atoms with Crippen LogP contribution in [0.2, 0.25) is 0 Å². The second-order valence-electron chi connectivity index (χ2n) is 4.85. The minimum Gasteiger partial charge on any atom is -0.424 e. The van der Waals surface area contributed by atoms with Gasteiger partial charge in [-0.3, -0.25) is 4.90 Å². The van der Waals surface area contributed by atoms with E-state index in [1.807, 2.05) is 20.8 Å². The van der Waals surface area contributed by atoms with E-state index in [2.05, 4.69) is 15.1 Å². The zero-order chi connectivity index (χ0) is 11.8. The molecule has 0 aromatic carbocycles. The molecule has 16 heavy (non-hydrogen) atoms. The molecule has 0 bridgehead atoms. The summed E-state index contributed by atoms with van der Waals surface area (Å²) >= 11 is 0. The van der Waals surface area contributed by atoms with Gasteiger partial charge in [0.25, 0.3) is 0 Å². The molecule has 0 aliphatic carbocycles. The first-order chi connectivity index (χ1) is 7.53. The lowest BCUT2D eigenvalue weighted by atomic mass is 9.83. The van der Waals surface area contributed by atoms with E-state index in [0.29, 0.717) is 31.4 Å². The van der Waals surface area contributed by atoms with Crippen LogP contribution >= 0.6 is 0 Å². The molecule has 0 saturated carbocycles. The Morgan fingerprint density at radius 2 is 2.00 bits per heavy atom. The van der Waals surface area contributed by atoms with Crippen LogP contribution in [0.5, 0.6) is 0 Å². The summed E-state index contributed by atoms with van der Waals surface area (Å²) in [4.78, 5) is 2.12. The van der Waals surface area contributed by atoms with E-state index in [4.69, 9.17) is 4.42 Å². The van der Waals surface area contributed by atoms with Crippen molar-refractivity contribution in [2.45, 2.75) is 39.3 Å². The molecule has 1 saturated heterocycles. The Morgan fingerprint density at radius 1 is 1.38 bits per heavy atom. The van der Waals surface area contributed by atoms with Gasteiger partial charge >= 0.3 is 0 Å². The van der Waals surface area contributed by atoms with Crippen molar-refractivity contribution in [3.8, 4) is 0 Å². The topological polar surface area (TPSA) is 62.4 Å². The van der Waals surface area contributed by atoms with Gasteiger partial charge in [0.15, 0.2) is 0 Å². The lowest BCUT2D eigenvalue weighted by Crippen LogP contribution is -2.63. The second-order valence-corrected chi connectivity index (χ2v) is 4.85. The number of hydrogen-bond acceptors (Lipinski definition) is 5. The molecule has 0 amide bonds. The zero-order valence-electron chi connectivity index (χ0n) is 10.1. The fraction of sp³-hybridized carbons (Fsp3) is 0.818. The SMILES string of the molecule is CCc1nnc(CN2CC(O)(C(C)C)C2)o1. The second kappa shape index (κ2) is 4.14. The van der Waals surface area contributed by atoms with E-state index >= 15 is 0 Å². The van der Waals surface area contributed by atoms with Crippen LogP contribution in [-0.4, -0.2) is 38.9 Å². The average molecular weight is 225 g/mol. The average Bonchev–Trinajstić information content (AvgIpc) is 2.62. The smallest absolute Gasteiger partial charge is 0.230 e. The van der Waals surface area contributed by atoms with Gasteiger partial charge in [0.05, 0.1) is 12.1 Å². The molecule has 0 radical (unpaired) electrons. The summed E-state index contributed by atoms with van der Waals surface area (Å²) in [6.45, 7) is 8.09. The van der Waals surface area contributed by atoms with Crippen molar-refractivity contribution in [2.24, 2.45) is 5.92 Å². The van der Waals surface area contributed by atoms with Crippen molar-refractivity contribution in [3.05, 3.63) is 11.8 Å². The molecule has 1 fully saturated rings. The lowest BCUT2D eigenvalue weighted by molar-refractivity contribution is -0.132. The van der Waals surface area contributed by atoms with Gasteiger partial charge in [-0.15, -0.1) is 10.2 Å². The van der Waals surface area contributed by atoms with Crippen LogP contribution in [0.3, 0.4) is 0 Å². The number of hydrogen-bond donors (Lipinski definition) is 1. The Morgan fingerprint density at radius 3 is 2.50 bits per heavy atom. The summed E-state index contributed by atoms with van der Waals surface area (Å²) in [6, 6.07) is 0. The molecule has 5 heteroatoms. The third-order valence-electron chi connectivity index (χ3n) is 3.24. The molecule has 2 heterocycles. The van der Waals surface area contributed by atoms with Gasteiger partial charge < -0.3 is 9.52 Å². The van der Waals surface area contributed by atoms with Gasteiger partial charge in [0, 0.05) is 19.5 Å². The largest absolute Gasteiger partial charge is 0.424 e. The maximum Gasteiger partial charge on any atom is 0.230 e. The summed E-state index contributed by atoms with van der Waals surface area (Å²) in [5.41, 5.74) is -0.534. The summed E-state index contributed by atoms with van der Waals surface area (Å²) in [7, 11) is 0. The highest BCUT2D eigenvalue weighted by molar-refractivity contribution is 4.98. The van der Waals surface area contributed by atoms with Gasteiger partial charge in [0.2, 0.25) is 11.8 Å². The molecule has 5 nitrogen and oxygen atoms in total. The normalized spacial score (nSPS) is 20.1. The highest BCUT2D eigenvalue weighted by atomic mass is 16.4. The van der Waals surface area contributed by atoms with Crippen LogP contribution in [0.15, 0.2) is 4.42 Å². The first-order valence-corrected chi connectivity index (χ1v) is 5.79. The maximum absolute atomic E-state index is 10.1. The molecule has 1 aromatic rings. The molecule has 0 unspecified atom stereocenters. The Balaban J connectivity index is 1.85. The molecule has 1 aromatic heterocycles. The first-order valence-electron chi connectivity index (χ1n) is 5.79. The van der Waals surface area contributed by atoms with Crippen LogP contribution in [0, 0.1) is 5.92 Å². The molecule has 1 aliphatic rings. The van der Waals surface area contributed by atoms with E-state index < -0.39 is 5.60 Å². The van der Waals surface area contributed by atoms with E-state index in [1.54, 1.807) is 0 Å². The van der Waals surface area contributed by atoms with Crippen molar-refractivity contribution in [2.75, 3.05) is 13.1 Å². The Kier molecular flexibility index (Phi) is 2.99. The van der Waals surface area contributed by atoms with E-state index in [-0.39, 0.29) is 5.92 Å². The number of nitrogens with zero attached hydrogens (tertiary/aromatic N) is 3. The predicted molar refractivity (Wildman–Crippen MR) is 58.7 cm³/mol. The van der Waals surface area contributed by atoms with Crippen molar-refractivity contribution in [1.29, 1.82) is 0 Å². The molecule has 0 atom stereocenters. The van der Waals surface area contributed by atoms with Crippen LogP contribution in [0.1, 0.15) is 32.6 Å². The summed E-state index contributed by atoms with van der Waals surface area (Å²) < 4.78 is 5.42. The maximum atomic E-state index is 10.1. The highest BCUT2D eigenvalue weighted by Crippen LogP contribution is 2.29. The summed E-state index contributed by atoms with van der Waals surface area (Å²) in [5, 5.41) is 18.0. The molecule has 90 valence electrons. The van der Waals surface area contributed by atoms with Crippen LogP contribution in [0.25, 0.3) is 0 Å². The van der Waals surface area contributed by atoms with Crippen LogP contribution in [0.4, 0.5) is 0 Å². The molecular formula is C11H19N3O2. The van der Waals surface area contributed by atoms with Crippen molar-refractivity contribution in [3.63, 3.8) is 0 Å². The molecule has 1 aliphatic heterocycles. The number of aliphatic hydroxyl groups is 1. The minimum absolute atomic E-state index is 0.289. The summed E-state index contributed by atoms with van der Waals surface area (Å²) in [5.74, 6) is 1.61. The lowest BCUT2D eigenvalue weighted by Gasteiger charge is -2.48. The quantitative estimate of drug-likeness (QED) is 0.822. The molecule has 0 spiro atoms. The fourth-order valence-corrected chi connectivity index (χ4v) is 1.89. The Labute approximate surface area is 95.5 Å². The van der Waals surface area contributed by atoms with Gasteiger partial charge in [-0.1, -0.05) is 20.8 Å². The number of rotatable bonds is 4. The highest BCUT2D eigenvalue weighted by Gasteiger charge is 2.43.